The average molecular weight is 269 g/mol. The summed E-state index contributed by atoms with van der Waals surface area (Å²) >= 11 is 11.1. The molecule has 1 aliphatic carbocycles. The van der Waals surface area contributed by atoms with Crippen molar-refractivity contribution in [3.63, 3.8) is 0 Å². The van der Waals surface area contributed by atoms with Gasteiger partial charge in [-0.1, -0.05) is 30.2 Å². The summed E-state index contributed by atoms with van der Waals surface area (Å²) in [4.78, 5) is 0.380. The lowest BCUT2D eigenvalue weighted by atomic mass is 9.80. The summed E-state index contributed by atoms with van der Waals surface area (Å²) in [6.07, 6.45) is 3.98. The molecule has 1 aromatic carbocycles. The van der Waals surface area contributed by atoms with Crippen LogP contribution in [0.25, 0.3) is 0 Å². The van der Waals surface area contributed by atoms with E-state index in [1.54, 1.807) is 0 Å². The van der Waals surface area contributed by atoms with Gasteiger partial charge >= 0.3 is 0 Å². The molecule has 1 unspecified atom stereocenters. The molecule has 2 rings (SSSR count). The van der Waals surface area contributed by atoms with Gasteiger partial charge in [0.1, 0.15) is 4.99 Å². The summed E-state index contributed by atoms with van der Waals surface area (Å²) in [7, 11) is 0. The summed E-state index contributed by atoms with van der Waals surface area (Å²) in [5, 5.41) is 4.14. The lowest BCUT2D eigenvalue weighted by molar-refractivity contribution is 0.285. The highest BCUT2D eigenvalue weighted by Crippen LogP contribution is 2.32. The van der Waals surface area contributed by atoms with Crippen LogP contribution in [-0.4, -0.2) is 11.0 Å². The molecule has 1 aliphatic rings. The van der Waals surface area contributed by atoms with Crippen molar-refractivity contribution in [3.05, 3.63) is 28.8 Å². The number of nitrogens with one attached hydrogen (secondary N) is 1. The molecule has 0 aromatic heterocycles. The standard InChI is InChI=1S/C13H17ClN2S/c1-8(9-3-2-4-9)16-12-6-5-10(13(15)17)7-11(12)14/h5-9,16H,2-4H2,1H3,(H2,15,17). The Balaban J connectivity index is 2.07. The van der Waals surface area contributed by atoms with Crippen LogP contribution in [0.4, 0.5) is 5.69 Å². The second-order valence-corrected chi connectivity index (χ2v) is 5.53. The first-order valence-electron chi connectivity index (χ1n) is 5.94. The van der Waals surface area contributed by atoms with E-state index in [0.717, 1.165) is 17.2 Å². The molecule has 0 bridgehead atoms. The van der Waals surface area contributed by atoms with Crippen molar-refractivity contribution in [2.45, 2.75) is 32.2 Å². The van der Waals surface area contributed by atoms with Crippen LogP contribution in [-0.2, 0) is 0 Å². The van der Waals surface area contributed by atoms with Gasteiger partial charge in [0.05, 0.1) is 10.7 Å². The van der Waals surface area contributed by atoms with Gasteiger partial charge < -0.3 is 11.1 Å². The Bertz CT molecular complexity index is 429. The Morgan fingerprint density at radius 2 is 2.24 bits per heavy atom. The maximum Gasteiger partial charge on any atom is 0.104 e. The molecule has 3 N–H and O–H groups in total. The molecule has 0 spiro atoms. The van der Waals surface area contributed by atoms with Crippen LogP contribution in [0, 0.1) is 5.92 Å². The Hall–Kier alpha value is -0.800. The third-order valence-electron chi connectivity index (χ3n) is 3.49. The molecule has 1 aromatic rings. The first-order valence-corrected chi connectivity index (χ1v) is 6.72. The summed E-state index contributed by atoms with van der Waals surface area (Å²) in [5.41, 5.74) is 7.34. The minimum absolute atomic E-state index is 0.380. The molecule has 0 aliphatic heterocycles. The number of hydrogen-bond acceptors (Lipinski definition) is 2. The second-order valence-electron chi connectivity index (χ2n) is 4.68. The molecule has 0 saturated heterocycles. The maximum atomic E-state index is 6.21. The van der Waals surface area contributed by atoms with Crippen LogP contribution in [0.3, 0.4) is 0 Å². The van der Waals surface area contributed by atoms with Gasteiger partial charge in [0.25, 0.3) is 0 Å². The summed E-state index contributed by atoms with van der Waals surface area (Å²) in [6.45, 7) is 2.21. The zero-order valence-corrected chi connectivity index (χ0v) is 11.4. The van der Waals surface area contributed by atoms with Crippen LogP contribution in [0.2, 0.25) is 5.02 Å². The first-order chi connectivity index (χ1) is 8.08. The van der Waals surface area contributed by atoms with Crippen molar-refractivity contribution in [2.75, 3.05) is 5.32 Å². The fraction of sp³-hybridized carbons (Fsp3) is 0.462. The van der Waals surface area contributed by atoms with Crippen LogP contribution in [0.5, 0.6) is 0 Å². The van der Waals surface area contributed by atoms with Crippen LogP contribution < -0.4 is 11.1 Å². The van der Waals surface area contributed by atoms with E-state index in [4.69, 9.17) is 29.6 Å². The normalized spacial score (nSPS) is 17.3. The van der Waals surface area contributed by atoms with Crippen molar-refractivity contribution >= 4 is 34.5 Å². The summed E-state index contributed by atoms with van der Waals surface area (Å²) in [6, 6.07) is 6.15. The first kappa shape index (κ1) is 12.7. The SMILES string of the molecule is CC(Nc1ccc(C(N)=S)cc1Cl)C1CCC1. The fourth-order valence-corrected chi connectivity index (χ4v) is 2.45. The van der Waals surface area contributed by atoms with Gasteiger partial charge in [-0.3, -0.25) is 0 Å². The molecular weight excluding hydrogens is 252 g/mol. The largest absolute Gasteiger partial charge is 0.389 e. The summed E-state index contributed by atoms with van der Waals surface area (Å²) in [5.74, 6) is 0.779. The molecular formula is C13H17ClN2S. The average Bonchev–Trinajstić information content (AvgIpc) is 2.18. The maximum absolute atomic E-state index is 6.21. The molecule has 0 radical (unpaired) electrons. The molecule has 2 nitrogen and oxygen atoms in total. The number of anilines is 1. The molecule has 0 heterocycles. The zero-order chi connectivity index (χ0) is 12.4. The molecule has 17 heavy (non-hydrogen) atoms. The Morgan fingerprint density at radius 3 is 2.71 bits per heavy atom. The number of nitrogens with two attached hydrogens (primary N) is 1. The van der Waals surface area contributed by atoms with Crippen molar-refractivity contribution in [1.29, 1.82) is 0 Å². The van der Waals surface area contributed by atoms with E-state index in [1.165, 1.54) is 19.3 Å². The lowest BCUT2D eigenvalue weighted by Crippen LogP contribution is -2.30. The van der Waals surface area contributed by atoms with Crippen molar-refractivity contribution in [3.8, 4) is 0 Å². The van der Waals surface area contributed by atoms with Crippen molar-refractivity contribution in [1.82, 2.24) is 0 Å². The van der Waals surface area contributed by atoms with Crippen molar-refractivity contribution in [2.24, 2.45) is 11.7 Å². The molecule has 1 saturated carbocycles. The Morgan fingerprint density at radius 1 is 1.53 bits per heavy atom. The van der Waals surface area contributed by atoms with E-state index < -0.39 is 0 Å². The van der Waals surface area contributed by atoms with E-state index in [9.17, 15) is 0 Å². The number of halogens is 1. The Labute approximate surface area is 113 Å². The third-order valence-corrected chi connectivity index (χ3v) is 4.04. The fourth-order valence-electron chi connectivity index (χ4n) is 2.09. The smallest absolute Gasteiger partial charge is 0.104 e. The van der Waals surface area contributed by atoms with E-state index in [2.05, 4.69) is 12.2 Å². The molecule has 4 heteroatoms. The zero-order valence-electron chi connectivity index (χ0n) is 9.87. The monoisotopic (exact) mass is 268 g/mol. The van der Waals surface area contributed by atoms with Gasteiger partial charge in [-0.25, -0.2) is 0 Å². The van der Waals surface area contributed by atoms with Gasteiger partial charge in [-0.05, 0) is 43.9 Å². The molecule has 1 fully saturated rings. The molecule has 1 atom stereocenters. The van der Waals surface area contributed by atoms with Gasteiger partial charge in [-0.15, -0.1) is 0 Å². The third kappa shape index (κ3) is 2.90. The quantitative estimate of drug-likeness (QED) is 0.820. The van der Waals surface area contributed by atoms with Gasteiger partial charge in [-0.2, -0.15) is 0 Å². The highest BCUT2D eigenvalue weighted by Gasteiger charge is 2.24. The number of hydrogen-bond donors (Lipinski definition) is 2. The van der Waals surface area contributed by atoms with Crippen LogP contribution >= 0.6 is 23.8 Å². The van der Waals surface area contributed by atoms with Crippen LogP contribution in [0.1, 0.15) is 31.7 Å². The Kier molecular flexibility index (Phi) is 3.89. The van der Waals surface area contributed by atoms with E-state index in [1.807, 2.05) is 18.2 Å². The van der Waals surface area contributed by atoms with Crippen LogP contribution in [0.15, 0.2) is 18.2 Å². The predicted molar refractivity (Wildman–Crippen MR) is 77.8 cm³/mol. The predicted octanol–water partition coefficient (Wildman–Crippen LogP) is 3.57. The van der Waals surface area contributed by atoms with E-state index in [0.29, 0.717) is 16.1 Å². The topological polar surface area (TPSA) is 38.0 Å². The second kappa shape index (κ2) is 5.23. The molecule has 0 amide bonds. The van der Waals surface area contributed by atoms with Crippen molar-refractivity contribution < 1.29 is 0 Å². The molecule has 92 valence electrons. The van der Waals surface area contributed by atoms with Gasteiger partial charge in [0.15, 0.2) is 0 Å². The highest BCUT2D eigenvalue weighted by molar-refractivity contribution is 7.80. The van der Waals surface area contributed by atoms with E-state index in [-0.39, 0.29) is 0 Å². The number of rotatable bonds is 4. The van der Waals surface area contributed by atoms with Gasteiger partial charge in [0.2, 0.25) is 0 Å². The van der Waals surface area contributed by atoms with Gasteiger partial charge in [0, 0.05) is 11.6 Å². The lowest BCUT2D eigenvalue weighted by Gasteiger charge is -2.32. The summed E-state index contributed by atoms with van der Waals surface area (Å²) < 4.78 is 0. The van der Waals surface area contributed by atoms with E-state index >= 15 is 0 Å². The number of thiocarbonyl (C=S) groups is 1. The minimum atomic E-state index is 0.380. The highest BCUT2D eigenvalue weighted by atomic mass is 35.5. The number of benzene rings is 1. The minimum Gasteiger partial charge on any atom is -0.389 e.